The van der Waals surface area contributed by atoms with E-state index in [0.717, 1.165) is 36.1 Å². The van der Waals surface area contributed by atoms with E-state index in [9.17, 15) is 9.90 Å². The molecule has 1 aromatic heterocycles. The van der Waals surface area contributed by atoms with Crippen molar-refractivity contribution in [3.05, 3.63) is 36.0 Å². The number of phenols is 1. The van der Waals surface area contributed by atoms with E-state index in [0.29, 0.717) is 12.5 Å². The van der Waals surface area contributed by atoms with Gasteiger partial charge in [0, 0.05) is 43.8 Å². The van der Waals surface area contributed by atoms with Gasteiger partial charge in [-0.3, -0.25) is 14.7 Å². The van der Waals surface area contributed by atoms with Gasteiger partial charge in [0.05, 0.1) is 11.6 Å². The van der Waals surface area contributed by atoms with Crippen molar-refractivity contribution in [3.63, 3.8) is 0 Å². The highest BCUT2D eigenvalue weighted by molar-refractivity contribution is 5.82. The monoisotopic (exact) mass is 327 g/mol. The number of hydrogen-bond donors (Lipinski definition) is 1. The Morgan fingerprint density at radius 2 is 2.08 bits per heavy atom. The molecule has 0 unspecified atom stereocenters. The van der Waals surface area contributed by atoms with Gasteiger partial charge in [-0.1, -0.05) is 13.8 Å². The van der Waals surface area contributed by atoms with Crippen LogP contribution in [0.1, 0.15) is 26.3 Å². The highest BCUT2D eigenvalue weighted by atomic mass is 16.3. The number of phenolic OH excluding ortho intramolecular Hbond substituents is 1. The maximum absolute atomic E-state index is 12.6. The van der Waals surface area contributed by atoms with Gasteiger partial charge in [-0.05, 0) is 36.6 Å². The molecule has 1 atom stereocenters. The Bertz CT molecular complexity index is 744. The van der Waals surface area contributed by atoms with Gasteiger partial charge in [0.15, 0.2) is 0 Å². The Morgan fingerprint density at radius 3 is 2.83 bits per heavy atom. The minimum atomic E-state index is -0.104. The summed E-state index contributed by atoms with van der Waals surface area (Å²) in [5.74, 6) is 0.936. The molecule has 1 aromatic carbocycles. The minimum absolute atomic E-state index is 0.104. The summed E-state index contributed by atoms with van der Waals surface area (Å²) in [6.07, 6.45) is 1.83. The Balaban J connectivity index is 1.72. The number of hydrogen-bond acceptors (Lipinski definition) is 4. The van der Waals surface area contributed by atoms with Crippen molar-refractivity contribution in [2.45, 2.75) is 33.4 Å². The zero-order chi connectivity index (χ0) is 17.3. The second-order valence-corrected chi connectivity index (χ2v) is 7.05. The lowest BCUT2D eigenvalue weighted by Crippen LogP contribution is -2.56. The number of fused-ring (bicyclic) bond motifs is 1. The standard InChI is InChI=1S/C19H25N3O2/c1-13(2)11-22-7-6-21(14(3)19(22)24)12-15-8-16-4-5-17(23)9-18(16)20-10-15/h4-5,8-10,13-14,23H,6-7,11-12H2,1-3H3/t14-/m0/s1. The third kappa shape index (κ3) is 3.51. The van der Waals surface area contributed by atoms with Crippen molar-refractivity contribution in [2.75, 3.05) is 19.6 Å². The van der Waals surface area contributed by atoms with Crippen LogP contribution in [-0.2, 0) is 11.3 Å². The van der Waals surface area contributed by atoms with Crippen LogP contribution in [-0.4, -0.2) is 51.5 Å². The number of piperazine rings is 1. The van der Waals surface area contributed by atoms with Crippen molar-refractivity contribution in [1.29, 1.82) is 0 Å². The van der Waals surface area contributed by atoms with Crippen molar-refractivity contribution in [1.82, 2.24) is 14.8 Å². The fourth-order valence-electron chi connectivity index (χ4n) is 3.29. The second-order valence-electron chi connectivity index (χ2n) is 7.05. The van der Waals surface area contributed by atoms with Crippen LogP contribution in [0.5, 0.6) is 5.75 Å². The van der Waals surface area contributed by atoms with E-state index in [1.165, 1.54) is 0 Å². The highest BCUT2D eigenvalue weighted by Gasteiger charge is 2.31. The SMILES string of the molecule is CC(C)CN1CCN(Cc2cnc3cc(O)ccc3c2)[C@@H](C)C1=O. The van der Waals surface area contributed by atoms with Crippen LogP contribution in [0.4, 0.5) is 0 Å². The molecule has 0 aliphatic carbocycles. The van der Waals surface area contributed by atoms with E-state index in [1.54, 1.807) is 12.1 Å². The minimum Gasteiger partial charge on any atom is -0.508 e. The average Bonchev–Trinajstić information content (AvgIpc) is 2.54. The lowest BCUT2D eigenvalue weighted by molar-refractivity contribution is -0.141. The predicted molar refractivity (Wildman–Crippen MR) is 94.7 cm³/mol. The molecule has 0 radical (unpaired) electrons. The molecule has 2 heterocycles. The molecular formula is C19H25N3O2. The smallest absolute Gasteiger partial charge is 0.239 e. The van der Waals surface area contributed by atoms with Gasteiger partial charge < -0.3 is 10.0 Å². The number of aromatic hydroxyl groups is 1. The van der Waals surface area contributed by atoms with Gasteiger partial charge in [-0.15, -0.1) is 0 Å². The summed E-state index contributed by atoms with van der Waals surface area (Å²) in [5.41, 5.74) is 1.87. The first-order valence-electron chi connectivity index (χ1n) is 8.54. The molecule has 2 aromatic rings. The molecule has 5 heteroatoms. The summed E-state index contributed by atoms with van der Waals surface area (Å²) >= 11 is 0. The van der Waals surface area contributed by atoms with Crippen molar-refractivity contribution in [2.24, 2.45) is 5.92 Å². The predicted octanol–water partition coefficient (Wildman–Crippen LogP) is 2.63. The van der Waals surface area contributed by atoms with Crippen LogP contribution in [0, 0.1) is 5.92 Å². The molecule has 0 saturated carbocycles. The van der Waals surface area contributed by atoms with Gasteiger partial charge in [0.1, 0.15) is 5.75 Å². The molecule has 1 fully saturated rings. The average molecular weight is 327 g/mol. The van der Waals surface area contributed by atoms with Gasteiger partial charge in [-0.2, -0.15) is 0 Å². The number of nitrogens with zero attached hydrogens (tertiary/aromatic N) is 3. The number of pyridine rings is 1. The number of amides is 1. The molecule has 1 aliphatic heterocycles. The van der Waals surface area contributed by atoms with Crippen LogP contribution in [0.15, 0.2) is 30.5 Å². The Morgan fingerprint density at radius 1 is 1.29 bits per heavy atom. The maximum Gasteiger partial charge on any atom is 0.239 e. The summed E-state index contributed by atoms with van der Waals surface area (Å²) in [6.45, 7) is 9.49. The zero-order valence-electron chi connectivity index (χ0n) is 14.6. The molecule has 5 nitrogen and oxygen atoms in total. The first kappa shape index (κ1) is 16.7. The normalized spacial score (nSPS) is 19.4. The quantitative estimate of drug-likeness (QED) is 0.938. The molecule has 0 spiro atoms. The second kappa shape index (κ2) is 6.77. The summed E-state index contributed by atoms with van der Waals surface area (Å²) in [6, 6.07) is 7.18. The molecule has 0 bridgehead atoms. The Hall–Kier alpha value is -2.14. The van der Waals surface area contributed by atoms with E-state index in [2.05, 4.69) is 29.8 Å². The van der Waals surface area contributed by atoms with Crippen LogP contribution in [0.3, 0.4) is 0 Å². The number of carbonyl (C=O) groups excluding carboxylic acids is 1. The fourth-order valence-corrected chi connectivity index (χ4v) is 3.29. The number of carbonyl (C=O) groups is 1. The van der Waals surface area contributed by atoms with E-state index in [1.807, 2.05) is 24.1 Å². The molecule has 24 heavy (non-hydrogen) atoms. The maximum atomic E-state index is 12.6. The van der Waals surface area contributed by atoms with E-state index >= 15 is 0 Å². The van der Waals surface area contributed by atoms with Crippen LogP contribution in [0.25, 0.3) is 10.9 Å². The third-order valence-electron chi connectivity index (χ3n) is 4.57. The number of benzene rings is 1. The molecule has 128 valence electrons. The van der Waals surface area contributed by atoms with Crippen molar-refractivity contribution < 1.29 is 9.90 Å². The third-order valence-corrected chi connectivity index (χ3v) is 4.57. The fraction of sp³-hybridized carbons (Fsp3) is 0.474. The van der Waals surface area contributed by atoms with E-state index in [-0.39, 0.29) is 17.7 Å². The number of rotatable bonds is 4. The van der Waals surface area contributed by atoms with Gasteiger partial charge in [0.25, 0.3) is 0 Å². The van der Waals surface area contributed by atoms with E-state index in [4.69, 9.17) is 0 Å². The van der Waals surface area contributed by atoms with E-state index < -0.39 is 0 Å². The topological polar surface area (TPSA) is 56.7 Å². The lowest BCUT2D eigenvalue weighted by atomic mass is 10.1. The van der Waals surface area contributed by atoms with Gasteiger partial charge in [0.2, 0.25) is 5.91 Å². The Kier molecular flexibility index (Phi) is 4.71. The molecule has 1 saturated heterocycles. The molecule has 1 N–H and O–H groups in total. The first-order chi connectivity index (χ1) is 11.4. The van der Waals surface area contributed by atoms with Crippen LogP contribution < -0.4 is 0 Å². The van der Waals surface area contributed by atoms with Crippen LogP contribution >= 0.6 is 0 Å². The van der Waals surface area contributed by atoms with Crippen molar-refractivity contribution >= 4 is 16.8 Å². The van der Waals surface area contributed by atoms with Gasteiger partial charge >= 0.3 is 0 Å². The van der Waals surface area contributed by atoms with Crippen LogP contribution in [0.2, 0.25) is 0 Å². The summed E-state index contributed by atoms with van der Waals surface area (Å²) in [5, 5.41) is 10.5. The molecular weight excluding hydrogens is 302 g/mol. The highest BCUT2D eigenvalue weighted by Crippen LogP contribution is 2.21. The zero-order valence-corrected chi connectivity index (χ0v) is 14.6. The largest absolute Gasteiger partial charge is 0.508 e. The van der Waals surface area contributed by atoms with Crippen molar-refractivity contribution in [3.8, 4) is 5.75 Å². The first-order valence-corrected chi connectivity index (χ1v) is 8.54. The Labute approximate surface area is 142 Å². The molecule has 3 rings (SSSR count). The summed E-state index contributed by atoms with van der Waals surface area (Å²) in [4.78, 5) is 21.2. The summed E-state index contributed by atoms with van der Waals surface area (Å²) < 4.78 is 0. The summed E-state index contributed by atoms with van der Waals surface area (Å²) in [7, 11) is 0. The van der Waals surface area contributed by atoms with Gasteiger partial charge in [-0.25, -0.2) is 0 Å². The molecule has 1 aliphatic rings. The molecule has 1 amide bonds. The lowest BCUT2D eigenvalue weighted by Gasteiger charge is -2.39. The number of aromatic nitrogens is 1.